The zero-order valence-corrected chi connectivity index (χ0v) is 17.5. The van der Waals surface area contributed by atoms with E-state index in [1.54, 1.807) is 23.2 Å². The first kappa shape index (κ1) is 19.2. The number of hydrogen-bond acceptors (Lipinski definition) is 7. The van der Waals surface area contributed by atoms with E-state index < -0.39 is 0 Å². The Hall–Kier alpha value is -3.75. The van der Waals surface area contributed by atoms with Crippen LogP contribution in [0.4, 0.5) is 11.8 Å². The molecule has 0 bridgehead atoms. The Morgan fingerprint density at radius 1 is 0.968 bits per heavy atom. The minimum Gasteiger partial charge on any atom is -0.367 e. The summed E-state index contributed by atoms with van der Waals surface area (Å²) in [5.74, 6) is 1.37. The van der Waals surface area contributed by atoms with Gasteiger partial charge in [0.05, 0.1) is 34.7 Å². The predicted octanol–water partition coefficient (Wildman–Crippen LogP) is 2.66. The van der Waals surface area contributed by atoms with Gasteiger partial charge in [-0.05, 0) is 50.5 Å². The van der Waals surface area contributed by atoms with Gasteiger partial charge in [-0.2, -0.15) is 5.10 Å². The second-order valence-electron chi connectivity index (χ2n) is 8.04. The first-order chi connectivity index (χ1) is 15.1. The van der Waals surface area contributed by atoms with Crippen LogP contribution in [-0.4, -0.2) is 41.4 Å². The van der Waals surface area contributed by atoms with Gasteiger partial charge in [-0.1, -0.05) is 0 Å². The van der Waals surface area contributed by atoms with Gasteiger partial charge in [-0.3, -0.25) is 9.36 Å². The molecule has 1 aliphatic carbocycles. The molecule has 158 valence electrons. The maximum Gasteiger partial charge on any atom is 0.264 e. The standard InChI is InChI=1S/C22H24N8O/c1-14-12-24-22(28-27-14)26-16-4-3-15(11-16)25-20-6-5-17(13-23-20)30-10-8-19-18(21(30)31)7-9-29(19)2/h5-10,12-13,15-16H,3-4,11H2,1-2H3,(H,23,25)(H,24,26,28)/t15-,16-/m0/s1. The van der Waals surface area contributed by atoms with Crippen LogP contribution in [0, 0.1) is 6.92 Å². The Kier molecular flexibility index (Phi) is 4.85. The molecule has 0 aromatic carbocycles. The number of pyridine rings is 2. The second-order valence-corrected chi connectivity index (χ2v) is 8.04. The van der Waals surface area contributed by atoms with E-state index in [9.17, 15) is 4.79 Å². The van der Waals surface area contributed by atoms with Crippen molar-refractivity contribution >= 4 is 22.7 Å². The van der Waals surface area contributed by atoms with Crippen molar-refractivity contribution in [2.75, 3.05) is 10.6 Å². The van der Waals surface area contributed by atoms with Gasteiger partial charge in [-0.15, -0.1) is 5.10 Å². The highest BCUT2D eigenvalue weighted by Gasteiger charge is 2.25. The Labute approximate surface area is 179 Å². The predicted molar refractivity (Wildman–Crippen MR) is 120 cm³/mol. The van der Waals surface area contributed by atoms with Gasteiger partial charge >= 0.3 is 0 Å². The number of aryl methyl sites for hydroxylation is 2. The van der Waals surface area contributed by atoms with Crippen molar-refractivity contribution in [3.8, 4) is 5.69 Å². The third-order valence-electron chi connectivity index (χ3n) is 5.77. The smallest absolute Gasteiger partial charge is 0.264 e. The van der Waals surface area contributed by atoms with Crippen LogP contribution >= 0.6 is 0 Å². The molecule has 4 heterocycles. The van der Waals surface area contributed by atoms with E-state index in [0.29, 0.717) is 23.4 Å². The average molecular weight is 416 g/mol. The van der Waals surface area contributed by atoms with Crippen molar-refractivity contribution in [1.82, 2.24) is 29.3 Å². The molecule has 0 amide bonds. The SMILES string of the molecule is Cc1cnc(N[C@H]2CC[C@H](Nc3ccc(-n4ccc5c(ccn5C)c4=O)cn3)C2)nn1. The second kappa shape index (κ2) is 7.82. The van der Waals surface area contributed by atoms with Gasteiger partial charge in [0.25, 0.3) is 5.56 Å². The molecule has 9 nitrogen and oxygen atoms in total. The lowest BCUT2D eigenvalue weighted by Gasteiger charge is -2.15. The summed E-state index contributed by atoms with van der Waals surface area (Å²) in [6, 6.07) is 8.25. The molecule has 9 heteroatoms. The van der Waals surface area contributed by atoms with E-state index in [1.807, 2.05) is 49.0 Å². The number of aromatic nitrogens is 6. The average Bonchev–Trinajstić information content (AvgIpc) is 3.38. The number of nitrogens with one attached hydrogen (secondary N) is 2. The summed E-state index contributed by atoms with van der Waals surface area (Å²) in [5, 5.41) is 15.7. The largest absolute Gasteiger partial charge is 0.367 e. The summed E-state index contributed by atoms with van der Waals surface area (Å²) in [7, 11) is 1.93. The summed E-state index contributed by atoms with van der Waals surface area (Å²) < 4.78 is 3.57. The normalized spacial score (nSPS) is 18.4. The van der Waals surface area contributed by atoms with Crippen LogP contribution in [0.3, 0.4) is 0 Å². The van der Waals surface area contributed by atoms with Crippen LogP contribution in [0.1, 0.15) is 25.0 Å². The zero-order valence-electron chi connectivity index (χ0n) is 17.5. The first-order valence-corrected chi connectivity index (χ1v) is 10.4. The van der Waals surface area contributed by atoms with E-state index in [-0.39, 0.29) is 5.56 Å². The fourth-order valence-electron chi connectivity index (χ4n) is 4.12. The Balaban J connectivity index is 1.24. The van der Waals surface area contributed by atoms with E-state index in [1.165, 1.54) is 0 Å². The minimum absolute atomic E-state index is 0.0434. The van der Waals surface area contributed by atoms with Crippen molar-refractivity contribution in [2.45, 2.75) is 38.3 Å². The maximum absolute atomic E-state index is 12.8. The number of anilines is 2. The monoisotopic (exact) mass is 416 g/mol. The molecule has 2 N–H and O–H groups in total. The molecule has 1 saturated carbocycles. The third kappa shape index (κ3) is 3.86. The molecular formula is C22H24N8O. The number of hydrogen-bond donors (Lipinski definition) is 2. The fraction of sp³-hybridized carbons (Fsp3) is 0.318. The van der Waals surface area contributed by atoms with Crippen LogP contribution in [0.25, 0.3) is 16.6 Å². The van der Waals surface area contributed by atoms with Gasteiger partial charge in [0.2, 0.25) is 5.95 Å². The molecule has 0 radical (unpaired) electrons. The first-order valence-electron chi connectivity index (χ1n) is 10.4. The maximum atomic E-state index is 12.8. The lowest BCUT2D eigenvalue weighted by molar-refractivity contribution is 0.712. The van der Waals surface area contributed by atoms with Crippen LogP contribution in [0.5, 0.6) is 0 Å². The number of nitrogens with zero attached hydrogens (tertiary/aromatic N) is 6. The number of rotatable bonds is 5. The van der Waals surface area contributed by atoms with Crippen molar-refractivity contribution in [1.29, 1.82) is 0 Å². The van der Waals surface area contributed by atoms with Crippen molar-refractivity contribution in [3.63, 3.8) is 0 Å². The molecule has 2 atom stereocenters. The van der Waals surface area contributed by atoms with Crippen LogP contribution < -0.4 is 16.2 Å². The third-order valence-corrected chi connectivity index (χ3v) is 5.77. The molecule has 5 rings (SSSR count). The molecule has 0 spiro atoms. The fourth-order valence-corrected chi connectivity index (χ4v) is 4.12. The van der Waals surface area contributed by atoms with E-state index >= 15 is 0 Å². The van der Waals surface area contributed by atoms with Crippen LogP contribution in [-0.2, 0) is 7.05 Å². The molecule has 0 aliphatic heterocycles. The zero-order chi connectivity index (χ0) is 21.4. The summed E-state index contributed by atoms with van der Waals surface area (Å²) >= 11 is 0. The molecule has 0 saturated heterocycles. The topological polar surface area (TPSA) is 103 Å². The molecule has 4 aromatic heterocycles. The molecule has 1 fully saturated rings. The van der Waals surface area contributed by atoms with Gasteiger partial charge in [0, 0.05) is 31.5 Å². The van der Waals surface area contributed by atoms with E-state index in [0.717, 1.165) is 42.0 Å². The highest BCUT2D eigenvalue weighted by molar-refractivity contribution is 5.79. The van der Waals surface area contributed by atoms with Crippen molar-refractivity contribution < 1.29 is 0 Å². The summed E-state index contributed by atoms with van der Waals surface area (Å²) in [4.78, 5) is 21.6. The van der Waals surface area contributed by atoms with E-state index in [4.69, 9.17) is 0 Å². The van der Waals surface area contributed by atoms with Crippen molar-refractivity contribution in [3.05, 3.63) is 65.1 Å². The number of fused-ring (bicyclic) bond motifs is 1. The van der Waals surface area contributed by atoms with Crippen LogP contribution in [0.2, 0.25) is 0 Å². The quantitative estimate of drug-likeness (QED) is 0.516. The van der Waals surface area contributed by atoms with Gasteiger partial charge in [0.1, 0.15) is 5.82 Å². The lowest BCUT2D eigenvalue weighted by Crippen LogP contribution is -2.22. The Morgan fingerprint density at radius 2 is 1.81 bits per heavy atom. The summed E-state index contributed by atoms with van der Waals surface area (Å²) in [6.45, 7) is 1.87. The molecule has 1 aliphatic rings. The van der Waals surface area contributed by atoms with Crippen molar-refractivity contribution in [2.24, 2.45) is 7.05 Å². The molecule has 31 heavy (non-hydrogen) atoms. The summed E-state index contributed by atoms with van der Waals surface area (Å²) in [6.07, 6.45) is 10.1. The summed E-state index contributed by atoms with van der Waals surface area (Å²) in [5.41, 5.74) is 2.43. The van der Waals surface area contributed by atoms with E-state index in [2.05, 4.69) is 30.8 Å². The van der Waals surface area contributed by atoms with Crippen LogP contribution in [0.15, 0.2) is 53.8 Å². The highest BCUT2D eigenvalue weighted by Crippen LogP contribution is 2.24. The molecule has 4 aromatic rings. The highest BCUT2D eigenvalue weighted by atomic mass is 16.1. The van der Waals surface area contributed by atoms with Gasteiger partial charge < -0.3 is 15.2 Å². The molecule has 0 unspecified atom stereocenters. The van der Waals surface area contributed by atoms with Gasteiger partial charge in [0.15, 0.2) is 0 Å². The molecular weight excluding hydrogens is 392 g/mol. The Morgan fingerprint density at radius 3 is 2.55 bits per heavy atom. The van der Waals surface area contributed by atoms with Gasteiger partial charge in [-0.25, -0.2) is 9.97 Å². The Bertz CT molecular complexity index is 1260. The lowest BCUT2D eigenvalue weighted by atomic mass is 10.2. The minimum atomic E-state index is -0.0434.